The van der Waals surface area contributed by atoms with Crippen molar-refractivity contribution in [2.75, 3.05) is 0 Å². The van der Waals surface area contributed by atoms with Crippen molar-refractivity contribution in [3.8, 4) is 0 Å². The summed E-state index contributed by atoms with van der Waals surface area (Å²) in [4.78, 5) is 25.1. The number of esters is 1. The van der Waals surface area contributed by atoms with Crippen molar-refractivity contribution in [3.05, 3.63) is 11.1 Å². The van der Waals surface area contributed by atoms with Crippen LogP contribution in [-0.2, 0) is 14.3 Å². The smallest absolute Gasteiger partial charge is 0.306 e. The van der Waals surface area contributed by atoms with Gasteiger partial charge in [-0.3, -0.25) is 9.59 Å². The molecule has 33 heavy (non-hydrogen) atoms. The molecule has 0 aliphatic heterocycles. The molecular formula is C30H52O3. The van der Waals surface area contributed by atoms with Crippen LogP contribution in [0.5, 0.6) is 0 Å². The fraction of sp³-hybridized carbons (Fsp3) is 0.867. The molecule has 0 aromatic heterocycles. The Balaban J connectivity index is 1.46. The quantitative estimate of drug-likeness (QED) is 0.161. The number of ether oxygens (including phenoxy) is 1. The average molecular weight is 461 g/mol. The van der Waals surface area contributed by atoms with Gasteiger partial charge in [0.1, 0.15) is 0 Å². The lowest BCUT2D eigenvalue weighted by Crippen LogP contribution is -2.41. The van der Waals surface area contributed by atoms with E-state index >= 15 is 0 Å². The first-order valence-corrected chi connectivity index (χ1v) is 14.4. The second-order valence-corrected chi connectivity index (χ2v) is 11.1. The normalized spacial score (nSPS) is 23.0. The molecule has 3 nitrogen and oxygen atoms in total. The summed E-state index contributed by atoms with van der Waals surface area (Å²) in [5.41, 5.74) is 2.25. The molecule has 0 aromatic rings. The van der Waals surface area contributed by atoms with E-state index in [1.165, 1.54) is 102 Å². The Morgan fingerprint density at radius 1 is 0.848 bits per heavy atom. The maximum Gasteiger partial charge on any atom is 0.306 e. The number of Topliss-reactive ketones (excluding diaryl/α,β-unsaturated/α-hetero) is 1. The van der Waals surface area contributed by atoms with Crippen LogP contribution in [0.1, 0.15) is 156 Å². The summed E-state index contributed by atoms with van der Waals surface area (Å²) in [6.07, 6.45) is 24.9. The number of ketones is 1. The Bertz CT molecular complexity index is 620. The van der Waals surface area contributed by atoms with Crippen molar-refractivity contribution >= 4 is 11.8 Å². The fourth-order valence-electron chi connectivity index (χ4n) is 5.98. The lowest BCUT2D eigenvalue weighted by Gasteiger charge is -2.43. The molecule has 190 valence electrons. The molecule has 0 aromatic carbocycles. The highest BCUT2D eigenvalue weighted by atomic mass is 16.5. The molecule has 1 fully saturated rings. The summed E-state index contributed by atoms with van der Waals surface area (Å²) in [5.74, 6) is -0.132. The van der Waals surface area contributed by atoms with Gasteiger partial charge in [-0.15, -0.1) is 0 Å². The number of allylic oxidation sites excluding steroid dienone is 1. The molecule has 2 atom stereocenters. The van der Waals surface area contributed by atoms with Gasteiger partial charge in [0.2, 0.25) is 0 Å². The zero-order valence-corrected chi connectivity index (χ0v) is 22.2. The van der Waals surface area contributed by atoms with Crippen LogP contribution >= 0.6 is 0 Å². The minimum atomic E-state index is -0.555. The molecule has 1 saturated carbocycles. The summed E-state index contributed by atoms with van der Waals surface area (Å²) in [6, 6.07) is 0. The lowest BCUT2D eigenvalue weighted by atomic mass is 9.63. The zero-order chi connectivity index (χ0) is 23.9. The Morgan fingerprint density at radius 3 is 1.91 bits per heavy atom. The van der Waals surface area contributed by atoms with Crippen molar-refractivity contribution in [2.24, 2.45) is 5.41 Å². The standard InChI is InChI=1S/C30H52O3/c1-4-5-6-7-8-9-10-11-12-13-14-15-16-17-18-22-28(31)33-27-24-30(3)23-20-19-21-26(30)25(2)29(27)32/h27H,4-24H2,1-3H3/t27-,30-/m0/s1. The highest BCUT2D eigenvalue weighted by molar-refractivity contribution is 6.01. The third-order valence-corrected chi connectivity index (χ3v) is 8.14. The molecule has 2 aliphatic rings. The predicted octanol–water partition coefficient (Wildman–Crippen LogP) is 9.03. The van der Waals surface area contributed by atoms with Crippen LogP contribution in [-0.4, -0.2) is 17.9 Å². The first-order chi connectivity index (χ1) is 16.0. The maximum absolute atomic E-state index is 12.7. The molecule has 0 radical (unpaired) electrons. The number of rotatable bonds is 17. The second-order valence-electron chi connectivity index (χ2n) is 11.1. The van der Waals surface area contributed by atoms with Crippen LogP contribution in [0.2, 0.25) is 0 Å². The number of fused-ring (bicyclic) bond motifs is 1. The third-order valence-electron chi connectivity index (χ3n) is 8.14. The third kappa shape index (κ3) is 9.95. The van der Waals surface area contributed by atoms with Gasteiger partial charge >= 0.3 is 5.97 Å². The van der Waals surface area contributed by atoms with Crippen molar-refractivity contribution in [1.82, 2.24) is 0 Å². The van der Waals surface area contributed by atoms with E-state index in [9.17, 15) is 9.59 Å². The van der Waals surface area contributed by atoms with Crippen LogP contribution in [0.25, 0.3) is 0 Å². The number of hydrogen-bond acceptors (Lipinski definition) is 3. The maximum atomic E-state index is 12.7. The predicted molar refractivity (Wildman–Crippen MR) is 138 cm³/mol. The van der Waals surface area contributed by atoms with Crippen molar-refractivity contribution < 1.29 is 14.3 Å². The van der Waals surface area contributed by atoms with E-state index in [-0.39, 0.29) is 17.2 Å². The number of carbonyl (C=O) groups is 2. The SMILES string of the molecule is CCCCCCCCCCCCCCCCCC(=O)O[C@H]1C[C@]2(C)CCCCC2=C(C)C1=O. The monoisotopic (exact) mass is 460 g/mol. The number of hydrogen-bond donors (Lipinski definition) is 0. The van der Waals surface area contributed by atoms with Gasteiger partial charge in [0, 0.05) is 12.8 Å². The Hall–Kier alpha value is -1.12. The largest absolute Gasteiger partial charge is 0.454 e. The molecule has 0 amide bonds. The van der Waals surface area contributed by atoms with E-state index < -0.39 is 6.10 Å². The minimum absolute atomic E-state index is 0.0502. The highest BCUT2D eigenvalue weighted by Crippen LogP contribution is 2.49. The number of carbonyl (C=O) groups excluding carboxylic acids is 2. The van der Waals surface area contributed by atoms with Crippen molar-refractivity contribution in [1.29, 1.82) is 0 Å². The van der Waals surface area contributed by atoms with E-state index in [0.717, 1.165) is 31.3 Å². The molecular weight excluding hydrogens is 408 g/mol. The van der Waals surface area contributed by atoms with E-state index in [0.29, 0.717) is 12.8 Å². The lowest BCUT2D eigenvalue weighted by molar-refractivity contribution is -0.156. The first kappa shape index (κ1) is 28.1. The van der Waals surface area contributed by atoms with Crippen LogP contribution in [0.3, 0.4) is 0 Å². The van der Waals surface area contributed by atoms with Gasteiger partial charge in [-0.05, 0) is 43.6 Å². The summed E-state index contributed by atoms with van der Waals surface area (Å²) >= 11 is 0. The molecule has 2 aliphatic carbocycles. The Morgan fingerprint density at radius 2 is 1.36 bits per heavy atom. The molecule has 0 unspecified atom stereocenters. The van der Waals surface area contributed by atoms with Gasteiger partial charge in [-0.2, -0.15) is 0 Å². The van der Waals surface area contributed by atoms with Crippen molar-refractivity contribution in [2.45, 2.75) is 162 Å². The summed E-state index contributed by atoms with van der Waals surface area (Å²) in [7, 11) is 0. The highest BCUT2D eigenvalue weighted by Gasteiger charge is 2.44. The minimum Gasteiger partial charge on any atom is -0.454 e. The van der Waals surface area contributed by atoms with Gasteiger partial charge in [0.25, 0.3) is 0 Å². The van der Waals surface area contributed by atoms with Crippen LogP contribution in [0.15, 0.2) is 11.1 Å². The molecule has 0 saturated heterocycles. The molecule has 3 heteroatoms. The number of unbranched alkanes of at least 4 members (excludes halogenated alkanes) is 14. The molecule has 2 rings (SSSR count). The Kier molecular flexibility index (Phi) is 13.4. The van der Waals surface area contributed by atoms with Gasteiger partial charge in [0.05, 0.1) is 0 Å². The fourth-order valence-corrected chi connectivity index (χ4v) is 5.98. The second kappa shape index (κ2) is 15.7. The van der Waals surface area contributed by atoms with E-state index in [2.05, 4.69) is 13.8 Å². The van der Waals surface area contributed by atoms with E-state index in [4.69, 9.17) is 4.74 Å². The van der Waals surface area contributed by atoms with Gasteiger partial charge in [-0.1, -0.05) is 116 Å². The first-order valence-electron chi connectivity index (χ1n) is 14.4. The van der Waals surface area contributed by atoms with Crippen molar-refractivity contribution in [3.63, 3.8) is 0 Å². The molecule has 0 spiro atoms. The van der Waals surface area contributed by atoms with Gasteiger partial charge in [0.15, 0.2) is 11.9 Å². The topological polar surface area (TPSA) is 43.4 Å². The summed E-state index contributed by atoms with van der Waals surface area (Å²) < 4.78 is 5.68. The van der Waals surface area contributed by atoms with E-state index in [1.807, 2.05) is 6.92 Å². The molecule has 0 N–H and O–H groups in total. The average Bonchev–Trinajstić information content (AvgIpc) is 2.79. The summed E-state index contributed by atoms with van der Waals surface area (Å²) in [6.45, 7) is 6.47. The van der Waals surface area contributed by atoms with Gasteiger partial charge < -0.3 is 4.74 Å². The van der Waals surface area contributed by atoms with Gasteiger partial charge in [-0.25, -0.2) is 0 Å². The zero-order valence-electron chi connectivity index (χ0n) is 22.2. The molecule has 0 bridgehead atoms. The summed E-state index contributed by atoms with van der Waals surface area (Å²) in [5, 5.41) is 0. The van der Waals surface area contributed by atoms with Crippen LogP contribution in [0, 0.1) is 5.41 Å². The van der Waals surface area contributed by atoms with Crippen LogP contribution in [0.4, 0.5) is 0 Å². The Labute approximate surface area is 204 Å². The van der Waals surface area contributed by atoms with Crippen LogP contribution < -0.4 is 0 Å². The molecule has 0 heterocycles. The van der Waals surface area contributed by atoms with E-state index in [1.54, 1.807) is 0 Å².